The Kier molecular flexibility index (Phi) is 4.23. The highest BCUT2D eigenvalue weighted by Gasteiger charge is 2.39. The van der Waals surface area contributed by atoms with E-state index in [0.717, 1.165) is 45.6 Å². The van der Waals surface area contributed by atoms with Gasteiger partial charge in [0.1, 0.15) is 0 Å². The Balaban J connectivity index is 1.92. The number of nitrogens with zero attached hydrogens (tertiary/aromatic N) is 2. The number of carbonyl (C=O) groups is 1. The van der Waals surface area contributed by atoms with Crippen molar-refractivity contribution in [1.29, 1.82) is 0 Å². The summed E-state index contributed by atoms with van der Waals surface area (Å²) in [6, 6.07) is 0.527. The van der Waals surface area contributed by atoms with Gasteiger partial charge in [0, 0.05) is 33.4 Å². The predicted molar refractivity (Wildman–Crippen MR) is 65.7 cm³/mol. The van der Waals surface area contributed by atoms with Crippen LogP contribution in [0, 0.1) is 5.92 Å². The Morgan fingerprint density at radius 1 is 1.41 bits per heavy atom. The fourth-order valence-corrected chi connectivity index (χ4v) is 2.83. The van der Waals surface area contributed by atoms with Crippen molar-refractivity contribution in [3.8, 4) is 0 Å². The van der Waals surface area contributed by atoms with Crippen LogP contribution in [-0.4, -0.2) is 61.8 Å². The van der Waals surface area contributed by atoms with Gasteiger partial charge in [-0.3, -0.25) is 0 Å². The molecule has 0 aliphatic carbocycles. The zero-order valence-corrected chi connectivity index (χ0v) is 10.6. The van der Waals surface area contributed by atoms with Crippen LogP contribution in [0.3, 0.4) is 0 Å². The van der Waals surface area contributed by atoms with Gasteiger partial charge < -0.3 is 20.3 Å². The van der Waals surface area contributed by atoms with Gasteiger partial charge in [0.25, 0.3) is 0 Å². The molecular formula is C12H23N3O2. The van der Waals surface area contributed by atoms with Crippen LogP contribution >= 0.6 is 0 Å². The number of urea groups is 1. The third-order valence-corrected chi connectivity index (χ3v) is 3.92. The van der Waals surface area contributed by atoms with Gasteiger partial charge >= 0.3 is 6.03 Å². The minimum Gasteiger partial charge on any atom is -0.381 e. The fourth-order valence-electron chi connectivity index (χ4n) is 2.83. The number of likely N-dealkylation sites (N-methyl/N-ethyl adjacent to an activating group) is 1. The summed E-state index contributed by atoms with van der Waals surface area (Å²) in [4.78, 5) is 15.9. The monoisotopic (exact) mass is 241 g/mol. The van der Waals surface area contributed by atoms with Gasteiger partial charge in [0.2, 0.25) is 0 Å². The summed E-state index contributed by atoms with van der Waals surface area (Å²) >= 11 is 0. The molecule has 2 rings (SSSR count). The summed E-state index contributed by atoms with van der Waals surface area (Å²) in [5, 5.41) is 0. The van der Waals surface area contributed by atoms with E-state index >= 15 is 0 Å². The summed E-state index contributed by atoms with van der Waals surface area (Å²) in [7, 11) is 1.92. The van der Waals surface area contributed by atoms with Crippen LogP contribution in [0.1, 0.15) is 19.3 Å². The first kappa shape index (κ1) is 12.6. The third kappa shape index (κ3) is 2.72. The number of nitrogens with two attached hydrogens (primary N) is 1. The van der Waals surface area contributed by atoms with E-state index in [1.807, 2.05) is 16.8 Å². The molecule has 2 saturated heterocycles. The first-order valence-electron chi connectivity index (χ1n) is 6.53. The molecule has 0 saturated carbocycles. The summed E-state index contributed by atoms with van der Waals surface area (Å²) in [6.45, 7) is 3.98. The highest BCUT2D eigenvalue weighted by molar-refractivity contribution is 5.76. The molecule has 1 atom stereocenters. The summed E-state index contributed by atoms with van der Waals surface area (Å²) in [6.07, 6.45) is 3.04. The van der Waals surface area contributed by atoms with Gasteiger partial charge in [-0.15, -0.1) is 0 Å². The molecule has 0 spiro atoms. The maximum Gasteiger partial charge on any atom is 0.320 e. The van der Waals surface area contributed by atoms with E-state index in [-0.39, 0.29) is 6.03 Å². The van der Waals surface area contributed by atoms with Crippen molar-refractivity contribution >= 4 is 6.03 Å². The highest BCUT2D eigenvalue weighted by atomic mass is 16.5. The molecule has 2 aliphatic rings. The Hall–Kier alpha value is -0.810. The van der Waals surface area contributed by atoms with Crippen molar-refractivity contribution in [1.82, 2.24) is 9.80 Å². The van der Waals surface area contributed by atoms with Gasteiger partial charge in [0.05, 0.1) is 6.04 Å². The molecule has 0 aromatic carbocycles. The van der Waals surface area contributed by atoms with Crippen molar-refractivity contribution in [2.45, 2.75) is 25.3 Å². The zero-order chi connectivity index (χ0) is 12.3. The molecule has 98 valence electrons. The van der Waals surface area contributed by atoms with E-state index in [1.54, 1.807) is 0 Å². The summed E-state index contributed by atoms with van der Waals surface area (Å²) < 4.78 is 5.38. The van der Waals surface area contributed by atoms with E-state index in [2.05, 4.69) is 0 Å². The van der Waals surface area contributed by atoms with Crippen LogP contribution in [0.5, 0.6) is 0 Å². The van der Waals surface area contributed by atoms with Crippen LogP contribution in [0.25, 0.3) is 0 Å². The number of rotatable bonds is 4. The van der Waals surface area contributed by atoms with Crippen LogP contribution < -0.4 is 5.73 Å². The highest BCUT2D eigenvalue weighted by Crippen LogP contribution is 2.27. The lowest BCUT2D eigenvalue weighted by molar-refractivity contribution is 0.0452. The van der Waals surface area contributed by atoms with Crippen molar-refractivity contribution in [3.05, 3.63) is 0 Å². The largest absolute Gasteiger partial charge is 0.381 e. The van der Waals surface area contributed by atoms with Gasteiger partial charge in [-0.25, -0.2) is 4.79 Å². The van der Waals surface area contributed by atoms with E-state index in [9.17, 15) is 4.79 Å². The minimum absolute atomic E-state index is 0.162. The Labute approximate surface area is 103 Å². The lowest BCUT2D eigenvalue weighted by Gasteiger charge is -2.30. The molecule has 5 nitrogen and oxygen atoms in total. The van der Waals surface area contributed by atoms with Crippen LogP contribution in [0.4, 0.5) is 4.79 Å². The van der Waals surface area contributed by atoms with Crippen LogP contribution in [-0.2, 0) is 4.74 Å². The van der Waals surface area contributed by atoms with E-state index in [0.29, 0.717) is 18.5 Å². The standard InChI is InChI=1S/C12H23N3O2/c1-14-11(10-3-7-17-8-4-10)9-15(12(14)16)6-2-5-13/h10-11H,2-9,13H2,1H3. The van der Waals surface area contributed by atoms with Gasteiger partial charge in [-0.1, -0.05) is 0 Å². The molecule has 0 aromatic heterocycles. The predicted octanol–water partition coefficient (Wildman–Crippen LogP) is 0.498. The Bertz CT molecular complexity index is 262. The molecular weight excluding hydrogens is 218 g/mol. The second-order valence-corrected chi connectivity index (χ2v) is 5.00. The summed E-state index contributed by atoms with van der Waals surface area (Å²) in [5.41, 5.74) is 5.50. The van der Waals surface area contributed by atoms with E-state index < -0.39 is 0 Å². The average molecular weight is 241 g/mol. The number of ether oxygens (including phenoxy) is 1. The molecule has 2 amide bonds. The molecule has 0 aromatic rings. The molecule has 2 N–H and O–H groups in total. The van der Waals surface area contributed by atoms with Gasteiger partial charge in [-0.2, -0.15) is 0 Å². The molecule has 0 radical (unpaired) electrons. The molecule has 0 bridgehead atoms. The van der Waals surface area contributed by atoms with Crippen molar-refractivity contribution < 1.29 is 9.53 Å². The second kappa shape index (κ2) is 5.69. The van der Waals surface area contributed by atoms with Crippen LogP contribution in [0.15, 0.2) is 0 Å². The van der Waals surface area contributed by atoms with Crippen molar-refractivity contribution in [2.75, 3.05) is 39.9 Å². The zero-order valence-electron chi connectivity index (χ0n) is 10.6. The lowest BCUT2D eigenvalue weighted by Crippen LogP contribution is -2.38. The van der Waals surface area contributed by atoms with Gasteiger partial charge in [0.15, 0.2) is 0 Å². The Morgan fingerprint density at radius 2 is 2.12 bits per heavy atom. The minimum atomic E-state index is 0.162. The van der Waals surface area contributed by atoms with Crippen molar-refractivity contribution in [3.63, 3.8) is 0 Å². The number of amides is 2. The molecule has 5 heteroatoms. The smallest absolute Gasteiger partial charge is 0.320 e. The molecule has 2 fully saturated rings. The fraction of sp³-hybridized carbons (Fsp3) is 0.917. The normalized spacial score (nSPS) is 26.9. The van der Waals surface area contributed by atoms with E-state index in [1.165, 1.54) is 0 Å². The lowest BCUT2D eigenvalue weighted by atomic mass is 9.91. The molecule has 2 aliphatic heterocycles. The van der Waals surface area contributed by atoms with Gasteiger partial charge in [-0.05, 0) is 31.7 Å². The Morgan fingerprint density at radius 3 is 2.76 bits per heavy atom. The first-order chi connectivity index (χ1) is 8.24. The maximum atomic E-state index is 12.0. The van der Waals surface area contributed by atoms with E-state index in [4.69, 9.17) is 10.5 Å². The van der Waals surface area contributed by atoms with Crippen molar-refractivity contribution in [2.24, 2.45) is 11.7 Å². The maximum absolute atomic E-state index is 12.0. The molecule has 17 heavy (non-hydrogen) atoms. The number of hydrogen-bond acceptors (Lipinski definition) is 3. The molecule has 2 heterocycles. The number of carbonyl (C=O) groups excluding carboxylic acids is 1. The van der Waals surface area contributed by atoms with Crippen LogP contribution in [0.2, 0.25) is 0 Å². The second-order valence-electron chi connectivity index (χ2n) is 5.00. The average Bonchev–Trinajstić information content (AvgIpc) is 2.65. The topological polar surface area (TPSA) is 58.8 Å². The SMILES string of the molecule is CN1C(=O)N(CCCN)CC1C1CCOCC1. The third-order valence-electron chi connectivity index (χ3n) is 3.92. The first-order valence-corrected chi connectivity index (χ1v) is 6.53. The summed E-state index contributed by atoms with van der Waals surface area (Å²) in [5.74, 6) is 0.598. The number of hydrogen-bond donors (Lipinski definition) is 1. The quantitative estimate of drug-likeness (QED) is 0.779. The molecule has 1 unspecified atom stereocenters.